The molecule has 0 atom stereocenters. The summed E-state index contributed by atoms with van der Waals surface area (Å²) in [5, 5.41) is 0. The summed E-state index contributed by atoms with van der Waals surface area (Å²) in [6.07, 6.45) is 5.52. The Morgan fingerprint density at radius 2 is 1.92 bits per heavy atom. The van der Waals surface area contributed by atoms with Crippen LogP contribution in [0, 0.1) is 0 Å². The van der Waals surface area contributed by atoms with Gasteiger partial charge in [-0.1, -0.05) is 6.07 Å². The molecule has 0 unspecified atom stereocenters. The van der Waals surface area contributed by atoms with E-state index in [1.165, 1.54) is 5.56 Å². The summed E-state index contributed by atoms with van der Waals surface area (Å²) in [5.41, 5.74) is 8.81. The third-order valence-electron chi connectivity index (χ3n) is 3.91. The monoisotopic (exact) mass is 327 g/mol. The van der Waals surface area contributed by atoms with E-state index in [0.717, 1.165) is 12.0 Å². The molecule has 0 saturated carbocycles. The number of nitrogens with two attached hydrogens (primary N) is 1. The van der Waals surface area contributed by atoms with Crippen LogP contribution in [-0.2, 0) is 17.6 Å². The number of likely N-dealkylation sites (N-methyl/N-ethyl adjacent to an activating group) is 1. The number of hydrogen-bond donors (Lipinski definition) is 1. The van der Waals surface area contributed by atoms with Crippen LogP contribution in [0.25, 0.3) is 0 Å². The number of rotatable bonds is 8. The third kappa shape index (κ3) is 5.26. The maximum atomic E-state index is 12.2. The van der Waals surface area contributed by atoms with Crippen LogP contribution in [0.1, 0.15) is 24.5 Å². The Balaban J connectivity index is 1.80. The predicted octanol–water partition coefficient (Wildman–Crippen LogP) is 2.70. The number of anilines is 1. The number of nitrogen functional groups attached to an aromatic ring is 1. The number of carbonyl (C=O) groups excluding carboxylic acids is 1. The number of carbonyl (C=O) groups is 1. The molecule has 0 aliphatic rings. The fourth-order valence-electron chi connectivity index (χ4n) is 2.45. The minimum atomic E-state index is 0.136. The molecule has 1 heterocycles. The fraction of sp³-hybridized carbons (Fsp3) is 0.368. The minimum absolute atomic E-state index is 0.136. The van der Waals surface area contributed by atoms with E-state index in [4.69, 9.17) is 10.5 Å². The van der Waals surface area contributed by atoms with Crippen molar-refractivity contribution in [2.75, 3.05) is 25.9 Å². The number of benzene rings is 1. The Kier molecular flexibility index (Phi) is 6.61. The van der Waals surface area contributed by atoms with Crippen molar-refractivity contribution in [3.05, 3.63) is 53.9 Å². The van der Waals surface area contributed by atoms with Crippen LogP contribution in [0.2, 0.25) is 0 Å². The lowest BCUT2D eigenvalue weighted by Crippen LogP contribution is -2.29. The first kappa shape index (κ1) is 17.8. The van der Waals surface area contributed by atoms with Crippen LogP contribution >= 0.6 is 0 Å². The lowest BCUT2D eigenvalue weighted by atomic mass is 10.1. The van der Waals surface area contributed by atoms with E-state index < -0.39 is 0 Å². The molecule has 128 valence electrons. The van der Waals surface area contributed by atoms with Crippen molar-refractivity contribution in [2.24, 2.45) is 0 Å². The summed E-state index contributed by atoms with van der Waals surface area (Å²) in [6, 6.07) is 9.66. The quantitative estimate of drug-likeness (QED) is 0.757. The molecular weight excluding hydrogens is 302 g/mol. The van der Waals surface area contributed by atoms with Crippen molar-refractivity contribution in [3.63, 3.8) is 0 Å². The molecule has 5 nitrogen and oxygen atoms in total. The Bertz CT molecular complexity index is 659. The van der Waals surface area contributed by atoms with Gasteiger partial charge in [-0.2, -0.15) is 0 Å². The van der Waals surface area contributed by atoms with E-state index in [2.05, 4.69) is 4.98 Å². The van der Waals surface area contributed by atoms with Gasteiger partial charge in [-0.25, -0.2) is 0 Å². The van der Waals surface area contributed by atoms with Crippen LogP contribution in [0.15, 0.2) is 42.7 Å². The van der Waals surface area contributed by atoms with Crippen LogP contribution in [0.5, 0.6) is 5.75 Å². The molecule has 0 fully saturated rings. The van der Waals surface area contributed by atoms with E-state index in [1.54, 1.807) is 17.3 Å². The van der Waals surface area contributed by atoms with Gasteiger partial charge in [0.05, 0.1) is 12.3 Å². The molecule has 0 aliphatic carbocycles. The van der Waals surface area contributed by atoms with Gasteiger partial charge in [0.1, 0.15) is 5.75 Å². The lowest BCUT2D eigenvalue weighted by Gasteiger charge is -2.17. The van der Waals surface area contributed by atoms with Crippen LogP contribution < -0.4 is 10.5 Å². The maximum Gasteiger partial charge on any atom is 0.222 e. The van der Waals surface area contributed by atoms with Gasteiger partial charge >= 0.3 is 0 Å². The van der Waals surface area contributed by atoms with Crippen LogP contribution in [0.3, 0.4) is 0 Å². The van der Waals surface area contributed by atoms with Crippen molar-refractivity contribution < 1.29 is 9.53 Å². The zero-order valence-corrected chi connectivity index (χ0v) is 14.4. The number of ether oxygens (including phenoxy) is 1. The van der Waals surface area contributed by atoms with Gasteiger partial charge in [0.25, 0.3) is 0 Å². The summed E-state index contributed by atoms with van der Waals surface area (Å²) in [4.78, 5) is 18.0. The topological polar surface area (TPSA) is 68.5 Å². The highest BCUT2D eigenvalue weighted by Gasteiger charge is 2.10. The first-order valence-corrected chi connectivity index (χ1v) is 8.24. The third-order valence-corrected chi connectivity index (χ3v) is 3.91. The molecule has 1 aromatic carbocycles. The molecule has 0 bridgehead atoms. The number of pyridine rings is 1. The number of aryl methyl sites for hydroxylation is 1. The molecule has 2 N–H and O–H groups in total. The first-order valence-electron chi connectivity index (χ1n) is 8.24. The zero-order chi connectivity index (χ0) is 17.4. The Hall–Kier alpha value is -2.56. The fourth-order valence-corrected chi connectivity index (χ4v) is 2.45. The molecule has 24 heavy (non-hydrogen) atoms. The Morgan fingerprint density at radius 1 is 1.17 bits per heavy atom. The van der Waals surface area contributed by atoms with Gasteiger partial charge in [-0.3, -0.25) is 9.78 Å². The molecule has 2 rings (SSSR count). The maximum absolute atomic E-state index is 12.2. The van der Waals surface area contributed by atoms with Gasteiger partial charge < -0.3 is 15.4 Å². The average Bonchev–Trinajstić information content (AvgIpc) is 2.60. The molecule has 0 saturated heterocycles. The van der Waals surface area contributed by atoms with Crippen LogP contribution in [0.4, 0.5) is 5.69 Å². The number of amides is 1. The molecule has 0 spiro atoms. The van der Waals surface area contributed by atoms with Crippen molar-refractivity contribution in [3.8, 4) is 5.75 Å². The number of hydrogen-bond acceptors (Lipinski definition) is 4. The van der Waals surface area contributed by atoms with Gasteiger partial charge in [0, 0.05) is 32.4 Å². The average molecular weight is 327 g/mol. The van der Waals surface area contributed by atoms with Crippen molar-refractivity contribution in [1.82, 2.24) is 9.88 Å². The SMILES string of the molecule is CCOc1ccc(CCC(=O)N(C)CCc2ccncc2)cc1N. The van der Waals surface area contributed by atoms with Crippen molar-refractivity contribution >= 4 is 11.6 Å². The number of aromatic nitrogens is 1. The second-order valence-corrected chi connectivity index (χ2v) is 5.73. The first-order chi connectivity index (χ1) is 11.6. The van der Waals surface area contributed by atoms with Gasteiger partial charge in [-0.15, -0.1) is 0 Å². The van der Waals surface area contributed by atoms with E-state index >= 15 is 0 Å². The summed E-state index contributed by atoms with van der Waals surface area (Å²) in [6.45, 7) is 3.21. The second kappa shape index (κ2) is 8.91. The standard InChI is InChI=1S/C19H25N3O2/c1-3-24-18-6-4-16(14-17(18)20)5-7-19(23)22(2)13-10-15-8-11-21-12-9-15/h4,6,8-9,11-12,14H,3,5,7,10,13,20H2,1-2H3. The van der Waals surface area contributed by atoms with Crippen molar-refractivity contribution in [2.45, 2.75) is 26.2 Å². The zero-order valence-electron chi connectivity index (χ0n) is 14.4. The van der Waals surface area contributed by atoms with E-state index in [-0.39, 0.29) is 5.91 Å². The molecular formula is C19H25N3O2. The highest BCUT2D eigenvalue weighted by atomic mass is 16.5. The summed E-state index contributed by atoms with van der Waals surface area (Å²) in [7, 11) is 1.84. The predicted molar refractivity (Wildman–Crippen MR) is 95.9 cm³/mol. The van der Waals surface area contributed by atoms with Crippen LogP contribution in [-0.4, -0.2) is 36.0 Å². The normalized spacial score (nSPS) is 10.4. The van der Waals surface area contributed by atoms with Crippen molar-refractivity contribution in [1.29, 1.82) is 0 Å². The minimum Gasteiger partial charge on any atom is -0.492 e. The van der Waals surface area contributed by atoms with E-state index in [1.807, 2.05) is 44.3 Å². The lowest BCUT2D eigenvalue weighted by molar-refractivity contribution is -0.129. The summed E-state index contributed by atoms with van der Waals surface area (Å²) < 4.78 is 5.42. The van der Waals surface area contributed by atoms with E-state index in [9.17, 15) is 4.79 Å². The van der Waals surface area contributed by atoms with Gasteiger partial charge in [0.2, 0.25) is 5.91 Å². The van der Waals surface area contributed by atoms with Gasteiger partial charge in [-0.05, 0) is 55.2 Å². The molecule has 0 radical (unpaired) electrons. The summed E-state index contributed by atoms with van der Waals surface area (Å²) in [5.74, 6) is 0.832. The molecule has 5 heteroatoms. The Morgan fingerprint density at radius 3 is 2.58 bits per heavy atom. The highest BCUT2D eigenvalue weighted by molar-refractivity contribution is 5.76. The molecule has 0 aliphatic heterocycles. The molecule has 2 aromatic rings. The Labute approximate surface area is 143 Å². The molecule has 1 amide bonds. The largest absolute Gasteiger partial charge is 0.492 e. The smallest absolute Gasteiger partial charge is 0.222 e. The number of nitrogens with zero attached hydrogens (tertiary/aromatic N) is 2. The summed E-state index contributed by atoms with van der Waals surface area (Å²) >= 11 is 0. The van der Waals surface area contributed by atoms with E-state index in [0.29, 0.717) is 37.4 Å². The van der Waals surface area contributed by atoms with Gasteiger partial charge in [0.15, 0.2) is 0 Å². The second-order valence-electron chi connectivity index (χ2n) is 5.73. The highest BCUT2D eigenvalue weighted by Crippen LogP contribution is 2.23. The molecule has 1 aromatic heterocycles.